The Balaban J connectivity index is 1.46. The molecule has 1 aromatic heterocycles. The lowest BCUT2D eigenvalue weighted by atomic mass is 10.1. The fourth-order valence-corrected chi connectivity index (χ4v) is 3.83. The predicted octanol–water partition coefficient (Wildman–Crippen LogP) is 1.46. The second kappa shape index (κ2) is 5.65. The number of carbonyl (C=O) groups is 1. The second-order valence-corrected chi connectivity index (χ2v) is 7.15. The van der Waals surface area contributed by atoms with E-state index in [0.717, 1.165) is 37.8 Å². The fraction of sp³-hybridized carbons (Fsp3) is 0.812. The Morgan fingerprint density at radius 1 is 1.23 bits per heavy atom. The summed E-state index contributed by atoms with van der Waals surface area (Å²) in [6, 6.07) is 0.805. The van der Waals surface area contributed by atoms with Crippen molar-refractivity contribution in [1.29, 1.82) is 0 Å². The predicted molar refractivity (Wildman–Crippen MR) is 82.5 cm³/mol. The van der Waals surface area contributed by atoms with Gasteiger partial charge < -0.3 is 10.2 Å². The summed E-state index contributed by atoms with van der Waals surface area (Å²) in [6.07, 6.45) is 9.08. The van der Waals surface area contributed by atoms with Crippen LogP contribution in [0.4, 0.5) is 0 Å². The molecule has 4 rings (SSSR count). The van der Waals surface area contributed by atoms with E-state index in [9.17, 15) is 4.79 Å². The molecule has 6 heteroatoms. The van der Waals surface area contributed by atoms with E-state index in [-0.39, 0.29) is 5.91 Å². The van der Waals surface area contributed by atoms with Gasteiger partial charge in [0.1, 0.15) is 0 Å². The van der Waals surface area contributed by atoms with Gasteiger partial charge in [-0.05, 0) is 63.5 Å². The molecule has 1 amide bonds. The quantitative estimate of drug-likeness (QED) is 0.894. The smallest absolute Gasteiger partial charge is 0.276 e. The van der Waals surface area contributed by atoms with Crippen LogP contribution >= 0.6 is 0 Å². The van der Waals surface area contributed by atoms with E-state index < -0.39 is 0 Å². The molecule has 1 aliphatic heterocycles. The number of rotatable bonds is 5. The van der Waals surface area contributed by atoms with Gasteiger partial charge in [-0.2, -0.15) is 0 Å². The third-order valence-electron chi connectivity index (χ3n) is 5.39. The first-order valence-electron chi connectivity index (χ1n) is 8.64. The maximum Gasteiger partial charge on any atom is 0.276 e. The maximum atomic E-state index is 12.7. The van der Waals surface area contributed by atoms with Crippen LogP contribution in [0.3, 0.4) is 0 Å². The molecule has 1 N–H and O–H groups in total. The molecule has 0 unspecified atom stereocenters. The molecule has 2 saturated carbocycles. The lowest BCUT2D eigenvalue weighted by Crippen LogP contribution is -2.40. The molecular formula is C16H25N5O. The highest BCUT2D eigenvalue weighted by Crippen LogP contribution is 2.47. The first-order valence-corrected chi connectivity index (χ1v) is 8.64. The fourth-order valence-electron chi connectivity index (χ4n) is 3.83. The van der Waals surface area contributed by atoms with Gasteiger partial charge in [-0.25, -0.2) is 4.68 Å². The number of nitrogens with zero attached hydrogens (tertiary/aromatic N) is 4. The zero-order valence-corrected chi connectivity index (χ0v) is 13.2. The van der Waals surface area contributed by atoms with E-state index in [0.29, 0.717) is 17.8 Å². The molecule has 120 valence electrons. The van der Waals surface area contributed by atoms with Gasteiger partial charge in [0, 0.05) is 13.1 Å². The Morgan fingerprint density at radius 3 is 2.45 bits per heavy atom. The molecule has 3 fully saturated rings. The molecule has 2 aliphatic carbocycles. The van der Waals surface area contributed by atoms with Crippen LogP contribution in [-0.2, 0) is 0 Å². The van der Waals surface area contributed by atoms with Crippen molar-refractivity contribution in [3.8, 4) is 0 Å². The van der Waals surface area contributed by atoms with E-state index in [4.69, 9.17) is 0 Å². The summed E-state index contributed by atoms with van der Waals surface area (Å²) in [5.74, 6) is 1.49. The number of hydrogen-bond acceptors (Lipinski definition) is 4. The molecule has 0 radical (unpaired) electrons. The Bertz CT molecular complexity index is 530. The zero-order chi connectivity index (χ0) is 15.1. The SMILES string of the molecule is CN(C(=O)c1cn(C2CCNCC2)nn1)C(C1CC1)C1CC1. The van der Waals surface area contributed by atoms with Crippen LogP contribution in [-0.4, -0.2) is 52.0 Å². The van der Waals surface area contributed by atoms with Gasteiger partial charge in [-0.1, -0.05) is 5.21 Å². The standard InChI is InChI=1S/C16H25N5O/c1-20(15(11-2-3-11)12-4-5-12)16(22)14-10-21(19-18-14)13-6-8-17-9-7-13/h10-13,15,17H,2-9H2,1H3. The first kappa shape index (κ1) is 14.2. The molecule has 1 saturated heterocycles. The number of hydrogen-bond donors (Lipinski definition) is 1. The van der Waals surface area contributed by atoms with E-state index in [1.165, 1.54) is 25.7 Å². The highest BCUT2D eigenvalue weighted by atomic mass is 16.2. The summed E-state index contributed by atoms with van der Waals surface area (Å²) in [5, 5.41) is 11.7. The van der Waals surface area contributed by atoms with E-state index in [1.807, 2.05) is 22.8 Å². The van der Waals surface area contributed by atoms with Gasteiger partial charge in [-0.15, -0.1) is 5.10 Å². The topological polar surface area (TPSA) is 63.1 Å². The molecule has 2 heterocycles. The summed E-state index contributed by atoms with van der Waals surface area (Å²) in [5.41, 5.74) is 0.507. The Kier molecular flexibility index (Phi) is 3.64. The van der Waals surface area contributed by atoms with Crippen LogP contribution in [0.2, 0.25) is 0 Å². The van der Waals surface area contributed by atoms with Crippen molar-refractivity contribution in [3.05, 3.63) is 11.9 Å². The third kappa shape index (κ3) is 2.76. The largest absolute Gasteiger partial charge is 0.337 e. The van der Waals surface area contributed by atoms with Gasteiger partial charge in [0.05, 0.1) is 12.2 Å². The van der Waals surface area contributed by atoms with Gasteiger partial charge in [-0.3, -0.25) is 4.79 Å². The molecule has 0 spiro atoms. The van der Waals surface area contributed by atoms with E-state index >= 15 is 0 Å². The Morgan fingerprint density at radius 2 is 1.86 bits per heavy atom. The van der Waals surface area contributed by atoms with Crippen molar-refractivity contribution in [2.45, 2.75) is 50.6 Å². The molecule has 3 aliphatic rings. The number of aromatic nitrogens is 3. The van der Waals surface area contributed by atoms with Gasteiger partial charge in [0.15, 0.2) is 5.69 Å². The molecule has 0 bridgehead atoms. The number of carbonyl (C=O) groups excluding carboxylic acids is 1. The summed E-state index contributed by atoms with van der Waals surface area (Å²) in [6.45, 7) is 2.03. The van der Waals surface area contributed by atoms with Crippen LogP contribution in [0.5, 0.6) is 0 Å². The van der Waals surface area contributed by atoms with E-state index in [2.05, 4.69) is 15.6 Å². The number of amides is 1. The highest BCUT2D eigenvalue weighted by molar-refractivity contribution is 5.92. The van der Waals surface area contributed by atoms with Crippen LogP contribution in [0, 0.1) is 11.8 Å². The van der Waals surface area contributed by atoms with Crippen molar-refractivity contribution >= 4 is 5.91 Å². The molecule has 0 atom stereocenters. The minimum Gasteiger partial charge on any atom is -0.337 e. The van der Waals surface area contributed by atoms with Crippen molar-refractivity contribution in [1.82, 2.24) is 25.2 Å². The first-order chi connectivity index (χ1) is 10.7. The minimum absolute atomic E-state index is 0.0454. The second-order valence-electron chi connectivity index (χ2n) is 7.15. The number of nitrogens with one attached hydrogen (secondary N) is 1. The highest BCUT2D eigenvalue weighted by Gasteiger charge is 2.45. The summed E-state index contributed by atoms with van der Waals surface area (Å²) in [7, 11) is 1.95. The summed E-state index contributed by atoms with van der Waals surface area (Å²) in [4.78, 5) is 14.7. The maximum absolute atomic E-state index is 12.7. The zero-order valence-electron chi connectivity index (χ0n) is 13.2. The number of piperidine rings is 1. The van der Waals surface area contributed by atoms with Crippen molar-refractivity contribution in [2.24, 2.45) is 11.8 Å². The Labute approximate surface area is 131 Å². The third-order valence-corrected chi connectivity index (χ3v) is 5.39. The monoisotopic (exact) mass is 303 g/mol. The van der Waals surface area contributed by atoms with Crippen LogP contribution < -0.4 is 5.32 Å². The molecular weight excluding hydrogens is 278 g/mol. The molecule has 22 heavy (non-hydrogen) atoms. The van der Waals surface area contributed by atoms with Crippen molar-refractivity contribution in [2.75, 3.05) is 20.1 Å². The average molecular weight is 303 g/mol. The molecule has 1 aromatic rings. The van der Waals surface area contributed by atoms with Crippen LogP contribution in [0.25, 0.3) is 0 Å². The lowest BCUT2D eigenvalue weighted by molar-refractivity contribution is 0.0684. The van der Waals surface area contributed by atoms with Crippen LogP contribution in [0.1, 0.15) is 55.1 Å². The van der Waals surface area contributed by atoms with Crippen LogP contribution in [0.15, 0.2) is 6.20 Å². The van der Waals surface area contributed by atoms with E-state index in [1.54, 1.807) is 0 Å². The molecule has 0 aromatic carbocycles. The normalized spacial score (nSPS) is 23.0. The Hall–Kier alpha value is -1.43. The van der Waals surface area contributed by atoms with Gasteiger partial charge >= 0.3 is 0 Å². The average Bonchev–Trinajstić information content (AvgIpc) is 3.49. The van der Waals surface area contributed by atoms with Gasteiger partial charge in [0.25, 0.3) is 5.91 Å². The van der Waals surface area contributed by atoms with Gasteiger partial charge in [0.2, 0.25) is 0 Å². The van der Waals surface area contributed by atoms with Crippen molar-refractivity contribution < 1.29 is 4.79 Å². The van der Waals surface area contributed by atoms with Crippen molar-refractivity contribution in [3.63, 3.8) is 0 Å². The summed E-state index contributed by atoms with van der Waals surface area (Å²) < 4.78 is 1.89. The lowest BCUT2D eigenvalue weighted by Gasteiger charge is -2.27. The summed E-state index contributed by atoms with van der Waals surface area (Å²) >= 11 is 0. The molecule has 6 nitrogen and oxygen atoms in total. The minimum atomic E-state index is 0.0454.